The van der Waals surface area contributed by atoms with Gasteiger partial charge in [0.15, 0.2) is 0 Å². The van der Waals surface area contributed by atoms with Crippen LogP contribution >= 0.6 is 22.6 Å². The van der Waals surface area contributed by atoms with Crippen LogP contribution < -0.4 is 11.1 Å². The van der Waals surface area contributed by atoms with Gasteiger partial charge in [0.25, 0.3) is 0 Å². The zero-order valence-corrected chi connectivity index (χ0v) is 12.1. The van der Waals surface area contributed by atoms with Crippen LogP contribution in [-0.4, -0.2) is 31.6 Å². The van der Waals surface area contributed by atoms with Crippen LogP contribution in [0, 0.1) is 3.57 Å². The molecule has 5 nitrogen and oxygen atoms in total. The molecule has 18 heavy (non-hydrogen) atoms. The monoisotopic (exact) mass is 362 g/mol. The molecule has 6 heteroatoms. The molecule has 98 valence electrons. The average Bonchev–Trinajstić information content (AvgIpc) is 2.31. The smallest absolute Gasteiger partial charge is 0.246 e. The van der Waals surface area contributed by atoms with Gasteiger partial charge >= 0.3 is 0 Å². The summed E-state index contributed by atoms with van der Waals surface area (Å²) < 4.78 is 5.72. The maximum absolute atomic E-state index is 11.4. The second kappa shape index (κ2) is 7.32. The summed E-state index contributed by atoms with van der Waals surface area (Å²) in [4.78, 5) is 22.7. The van der Waals surface area contributed by atoms with Gasteiger partial charge < -0.3 is 15.8 Å². The zero-order chi connectivity index (χ0) is 13.5. The molecule has 2 amide bonds. The van der Waals surface area contributed by atoms with E-state index in [2.05, 4.69) is 27.9 Å². The molecule has 0 aliphatic rings. The molecule has 0 heterocycles. The Hall–Kier alpha value is -1.15. The number of nitrogens with one attached hydrogen (secondary N) is 1. The number of carbonyl (C=O) groups excluding carboxylic acids is 2. The largest absolute Gasteiger partial charge is 0.375 e. The molecular weight excluding hydrogens is 347 g/mol. The van der Waals surface area contributed by atoms with Crippen molar-refractivity contribution in [2.45, 2.75) is 12.5 Å². The van der Waals surface area contributed by atoms with E-state index in [0.717, 1.165) is 9.13 Å². The minimum atomic E-state index is -0.719. The maximum Gasteiger partial charge on any atom is 0.246 e. The number of ether oxygens (including phenoxy) is 1. The molecule has 1 atom stereocenters. The molecule has 0 unspecified atom stereocenters. The number of methoxy groups -OCH3 is 1. The normalized spacial score (nSPS) is 11.9. The van der Waals surface area contributed by atoms with Crippen LogP contribution in [0.2, 0.25) is 0 Å². The fourth-order valence-electron chi connectivity index (χ4n) is 1.47. The van der Waals surface area contributed by atoms with Crippen LogP contribution in [0.4, 0.5) is 0 Å². The maximum atomic E-state index is 11.4. The van der Waals surface area contributed by atoms with Crippen molar-refractivity contribution in [3.8, 4) is 0 Å². The molecule has 3 N–H and O–H groups in total. The Balaban J connectivity index is 2.72. The molecule has 0 fully saturated rings. The van der Waals surface area contributed by atoms with E-state index >= 15 is 0 Å². The number of hydrogen-bond acceptors (Lipinski definition) is 3. The highest BCUT2D eigenvalue weighted by molar-refractivity contribution is 14.1. The SMILES string of the molecule is COCC(=O)N[C@@H](Cc1ccccc1I)C(N)=O. The Labute approximate surface area is 119 Å². The van der Waals surface area contributed by atoms with Crippen LogP contribution in [0.3, 0.4) is 0 Å². The quantitative estimate of drug-likeness (QED) is 0.721. The molecule has 1 aromatic carbocycles. The third-order valence-electron chi connectivity index (χ3n) is 2.34. The lowest BCUT2D eigenvalue weighted by molar-refractivity contribution is -0.129. The van der Waals surface area contributed by atoms with Gasteiger partial charge in [0.1, 0.15) is 12.6 Å². The first-order chi connectivity index (χ1) is 8.54. The highest BCUT2D eigenvalue weighted by atomic mass is 127. The third-order valence-corrected chi connectivity index (χ3v) is 3.39. The lowest BCUT2D eigenvalue weighted by atomic mass is 10.1. The Morgan fingerprint density at radius 3 is 2.67 bits per heavy atom. The lowest BCUT2D eigenvalue weighted by Crippen LogP contribution is -2.47. The number of amides is 2. The van der Waals surface area contributed by atoms with Crippen molar-refractivity contribution in [3.63, 3.8) is 0 Å². The minimum absolute atomic E-state index is 0.0876. The molecule has 0 bridgehead atoms. The van der Waals surface area contributed by atoms with Crippen molar-refractivity contribution in [1.29, 1.82) is 0 Å². The highest BCUT2D eigenvalue weighted by Gasteiger charge is 2.19. The van der Waals surface area contributed by atoms with Crippen LogP contribution in [0.1, 0.15) is 5.56 Å². The van der Waals surface area contributed by atoms with E-state index in [-0.39, 0.29) is 12.5 Å². The summed E-state index contributed by atoms with van der Waals surface area (Å²) in [5.74, 6) is -0.911. The van der Waals surface area contributed by atoms with Gasteiger partial charge in [-0.15, -0.1) is 0 Å². The van der Waals surface area contributed by atoms with Gasteiger partial charge in [-0.1, -0.05) is 18.2 Å². The molecule has 0 saturated heterocycles. The summed E-state index contributed by atoms with van der Waals surface area (Å²) in [5, 5.41) is 2.55. The number of benzene rings is 1. The van der Waals surface area contributed by atoms with Crippen LogP contribution in [0.25, 0.3) is 0 Å². The van der Waals surface area contributed by atoms with Crippen molar-refractivity contribution < 1.29 is 14.3 Å². The second-order valence-corrected chi connectivity index (χ2v) is 4.91. The Bertz CT molecular complexity index is 437. The van der Waals surface area contributed by atoms with Gasteiger partial charge in [-0.3, -0.25) is 9.59 Å². The molecule has 0 spiro atoms. The summed E-state index contributed by atoms with van der Waals surface area (Å²) in [5.41, 5.74) is 6.25. The van der Waals surface area contributed by atoms with E-state index < -0.39 is 11.9 Å². The Morgan fingerprint density at radius 2 is 2.11 bits per heavy atom. The fourth-order valence-corrected chi connectivity index (χ4v) is 2.08. The number of carbonyl (C=O) groups is 2. The summed E-state index contributed by atoms with van der Waals surface area (Å²) in [7, 11) is 1.42. The van der Waals surface area contributed by atoms with E-state index in [4.69, 9.17) is 10.5 Å². The first-order valence-corrected chi connectivity index (χ1v) is 6.43. The van der Waals surface area contributed by atoms with Gasteiger partial charge in [0.05, 0.1) is 0 Å². The van der Waals surface area contributed by atoms with Gasteiger partial charge in [-0.2, -0.15) is 0 Å². The van der Waals surface area contributed by atoms with E-state index in [0.29, 0.717) is 6.42 Å². The number of rotatable bonds is 6. The average molecular weight is 362 g/mol. The van der Waals surface area contributed by atoms with Crippen LogP contribution in [-0.2, 0) is 20.7 Å². The summed E-state index contributed by atoms with van der Waals surface area (Å²) in [6.45, 7) is -0.0876. The van der Waals surface area contributed by atoms with Gasteiger partial charge in [0.2, 0.25) is 11.8 Å². The van der Waals surface area contributed by atoms with Crippen molar-refractivity contribution in [1.82, 2.24) is 5.32 Å². The van der Waals surface area contributed by atoms with Gasteiger partial charge in [0, 0.05) is 17.1 Å². The van der Waals surface area contributed by atoms with Crippen molar-refractivity contribution in [2.75, 3.05) is 13.7 Å². The molecule has 0 radical (unpaired) electrons. The number of nitrogens with two attached hydrogens (primary N) is 1. The number of halogens is 1. The van der Waals surface area contributed by atoms with E-state index in [9.17, 15) is 9.59 Å². The number of hydrogen-bond donors (Lipinski definition) is 2. The second-order valence-electron chi connectivity index (χ2n) is 3.75. The molecule has 1 aromatic rings. The predicted octanol–water partition coefficient (Wildman–Crippen LogP) is 0.450. The van der Waals surface area contributed by atoms with Gasteiger partial charge in [-0.05, 0) is 34.2 Å². The summed E-state index contributed by atoms with van der Waals surface area (Å²) >= 11 is 2.18. The molecule has 0 aliphatic heterocycles. The fraction of sp³-hybridized carbons (Fsp3) is 0.333. The number of primary amides is 1. The minimum Gasteiger partial charge on any atom is -0.375 e. The Kier molecular flexibility index (Phi) is 6.06. The molecule has 0 aromatic heterocycles. The van der Waals surface area contributed by atoms with Crippen molar-refractivity contribution >= 4 is 34.4 Å². The van der Waals surface area contributed by atoms with Crippen LogP contribution in [0.5, 0.6) is 0 Å². The Morgan fingerprint density at radius 1 is 1.44 bits per heavy atom. The summed E-state index contributed by atoms with van der Waals surface area (Å²) in [6.07, 6.45) is 0.379. The van der Waals surface area contributed by atoms with E-state index in [1.54, 1.807) is 0 Å². The van der Waals surface area contributed by atoms with Crippen molar-refractivity contribution in [3.05, 3.63) is 33.4 Å². The highest BCUT2D eigenvalue weighted by Crippen LogP contribution is 2.13. The van der Waals surface area contributed by atoms with Crippen molar-refractivity contribution in [2.24, 2.45) is 5.73 Å². The van der Waals surface area contributed by atoms with E-state index in [1.807, 2.05) is 24.3 Å². The lowest BCUT2D eigenvalue weighted by Gasteiger charge is -2.16. The zero-order valence-electron chi connectivity index (χ0n) is 9.98. The third kappa shape index (κ3) is 4.61. The predicted molar refractivity (Wildman–Crippen MR) is 75.9 cm³/mol. The van der Waals surface area contributed by atoms with E-state index in [1.165, 1.54) is 7.11 Å². The standard InChI is InChI=1S/C12H15IN2O3/c1-18-7-11(16)15-10(12(14)17)6-8-4-2-3-5-9(8)13/h2-5,10H,6-7H2,1H3,(H2,14,17)(H,15,16)/t10-/m0/s1. The molecular formula is C12H15IN2O3. The molecule has 1 rings (SSSR count). The van der Waals surface area contributed by atoms with Gasteiger partial charge in [-0.25, -0.2) is 0 Å². The van der Waals surface area contributed by atoms with Crippen LogP contribution in [0.15, 0.2) is 24.3 Å². The first-order valence-electron chi connectivity index (χ1n) is 5.35. The molecule has 0 saturated carbocycles. The topological polar surface area (TPSA) is 81.4 Å². The molecule has 0 aliphatic carbocycles. The summed E-state index contributed by atoms with van der Waals surface area (Å²) in [6, 6.07) is 6.91. The first kappa shape index (κ1) is 14.9.